The summed E-state index contributed by atoms with van der Waals surface area (Å²) in [6.45, 7) is 5.60. The van der Waals surface area contributed by atoms with Crippen molar-refractivity contribution in [2.24, 2.45) is 0 Å². The van der Waals surface area contributed by atoms with E-state index in [1.807, 2.05) is 32.4 Å². The fourth-order valence-corrected chi connectivity index (χ4v) is 1.65. The highest BCUT2D eigenvalue weighted by atomic mass is 16.3. The second-order valence-corrected chi connectivity index (χ2v) is 3.94. The molecule has 4 heteroatoms. The third kappa shape index (κ3) is 2.17. The quantitative estimate of drug-likeness (QED) is 0.853. The molecule has 0 aliphatic heterocycles. The van der Waals surface area contributed by atoms with E-state index in [9.17, 15) is 0 Å². The first-order valence-electron chi connectivity index (χ1n) is 5.41. The summed E-state index contributed by atoms with van der Waals surface area (Å²) in [5, 5.41) is 3.06. The number of aromatic nitrogens is 2. The molecule has 16 heavy (non-hydrogen) atoms. The van der Waals surface area contributed by atoms with E-state index in [2.05, 4.69) is 21.8 Å². The van der Waals surface area contributed by atoms with Crippen LogP contribution in [-0.2, 0) is 13.1 Å². The average molecular weight is 219 g/mol. The molecule has 0 unspecified atom stereocenters. The lowest BCUT2D eigenvalue weighted by Gasteiger charge is -2.02. The third-order valence-electron chi connectivity index (χ3n) is 2.74. The van der Waals surface area contributed by atoms with E-state index in [0.29, 0.717) is 0 Å². The minimum atomic E-state index is 0.746. The molecular formula is C12H17N3O. The first-order chi connectivity index (χ1) is 7.70. The molecule has 0 radical (unpaired) electrons. The van der Waals surface area contributed by atoms with E-state index in [-0.39, 0.29) is 0 Å². The lowest BCUT2D eigenvalue weighted by molar-refractivity contribution is 0.443. The molecule has 0 atom stereocenters. The number of hydrogen-bond donors (Lipinski definition) is 1. The molecule has 4 nitrogen and oxygen atoms in total. The van der Waals surface area contributed by atoms with Crippen molar-refractivity contribution in [1.29, 1.82) is 0 Å². The standard InChI is InChI=1S/C12H17N3O/c1-9-10(2)15(8-14-9)7-12-5-4-11(16-12)6-13-3/h4-5,8,13H,6-7H2,1-3H3. The molecule has 0 aliphatic rings. The van der Waals surface area contributed by atoms with Crippen LogP contribution < -0.4 is 5.32 Å². The highest BCUT2D eigenvalue weighted by molar-refractivity contribution is 5.12. The van der Waals surface area contributed by atoms with Crippen LogP contribution in [0, 0.1) is 13.8 Å². The number of imidazole rings is 1. The van der Waals surface area contributed by atoms with Crippen molar-refractivity contribution in [3.63, 3.8) is 0 Å². The van der Waals surface area contributed by atoms with Gasteiger partial charge in [-0.3, -0.25) is 0 Å². The molecule has 2 rings (SSSR count). The van der Waals surface area contributed by atoms with Crippen LogP contribution in [0.2, 0.25) is 0 Å². The highest BCUT2D eigenvalue weighted by Gasteiger charge is 2.06. The predicted molar refractivity (Wildman–Crippen MR) is 62.3 cm³/mol. The third-order valence-corrected chi connectivity index (χ3v) is 2.74. The van der Waals surface area contributed by atoms with Crippen LogP contribution in [0.5, 0.6) is 0 Å². The van der Waals surface area contributed by atoms with Crippen molar-refractivity contribution < 1.29 is 4.42 Å². The largest absolute Gasteiger partial charge is 0.463 e. The van der Waals surface area contributed by atoms with Gasteiger partial charge in [0.1, 0.15) is 11.5 Å². The van der Waals surface area contributed by atoms with Crippen LogP contribution in [0.1, 0.15) is 22.9 Å². The summed E-state index contributed by atoms with van der Waals surface area (Å²) < 4.78 is 7.78. The first-order valence-corrected chi connectivity index (χ1v) is 5.41. The minimum Gasteiger partial charge on any atom is -0.463 e. The summed E-state index contributed by atoms with van der Waals surface area (Å²) in [4.78, 5) is 4.26. The SMILES string of the molecule is CNCc1ccc(Cn2cnc(C)c2C)o1. The maximum atomic E-state index is 5.68. The number of rotatable bonds is 4. The monoisotopic (exact) mass is 219 g/mol. The van der Waals surface area contributed by atoms with Gasteiger partial charge in [0.05, 0.1) is 25.1 Å². The lowest BCUT2D eigenvalue weighted by atomic mass is 10.3. The fourth-order valence-electron chi connectivity index (χ4n) is 1.65. The van der Waals surface area contributed by atoms with Gasteiger partial charge in [0, 0.05) is 5.69 Å². The van der Waals surface area contributed by atoms with E-state index < -0.39 is 0 Å². The van der Waals surface area contributed by atoms with Gasteiger partial charge in [0.25, 0.3) is 0 Å². The van der Waals surface area contributed by atoms with Gasteiger partial charge < -0.3 is 14.3 Å². The molecule has 0 aromatic carbocycles. The van der Waals surface area contributed by atoms with Gasteiger partial charge in [-0.1, -0.05) is 0 Å². The van der Waals surface area contributed by atoms with Gasteiger partial charge in [-0.2, -0.15) is 0 Å². The molecule has 0 saturated carbocycles. The molecule has 2 aromatic heterocycles. The fraction of sp³-hybridized carbons (Fsp3) is 0.417. The summed E-state index contributed by atoms with van der Waals surface area (Å²) in [5.41, 5.74) is 2.26. The number of nitrogens with one attached hydrogen (secondary N) is 1. The maximum absolute atomic E-state index is 5.68. The topological polar surface area (TPSA) is 43.0 Å². The van der Waals surface area contributed by atoms with E-state index in [4.69, 9.17) is 4.42 Å². The molecule has 2 aromatic rings. The van der Waals surface area contributed by atoms with Crippen molar-refractivity contribution in [2.45, 2.75) is 26.9 Å². The van der Waals surface area contributed by atoms with Crippen molar-refractivity contribution >= 4 is 0 Å². The second-order valence-electron chi connectivity index (χ2n) is 3.94. The lowest BCUT2D eigenvalue weighted by Crippen LogP contribution is -2.03. The molecule has 0 saturated heterocycles. The van der Waals surface area contributed by atoms with Gasteiger partial charge in [-0.25, -0.2) is 4.98 Å². The van der Waals surface area contributed by atoms with Crippen LogP contribution in [-0.4, -0.2) is 16.6 Å². The normalized spacial score (nSPS) is 10.9. The molecule has 0 bridgehead atoms. The Morgan fingerprint density at radius 1 is 1.31 bits per heavy atom. The average Bonchev–Trinajstić information content (AvgIpc) is 2.82. The molecule has 0 fully saturated rings. The van der Waals surface area contributed by atoms with Crippen LogP contribution >= 0.6 is 0 Å². The van der Waals surface area contributed by atoms with Crippen molar-refractivity contribution in [3.8, 4) is 0 Å². The molecule has 0 amide bonds. The molecule has 0 aliphatic carbocycles. The highest BCUT2D eigenvalue weighted by Crippen LogP contribution is 2.12. The molecule has 2 heterocycles. The number of aryl methyl sites for hydroxylation is 1. The van der Waals surface area contributed by atoms with Crippen molar-refractivity contribution in [2.75, 3.05) is 7.05 Å². The van der Waals surface area contributed by atoms with E-state index in [1.54, 1.807) is 0 Å². The van der Waals surface area contributed by atoms with Crippen LogP contribution in [0.4, 0.5) is 0 Å². The summed E-state index contributed by atoms with van der Waals surface area (Å²) >= 11 is 0. The van der Waals surface area contributed by atoms with Crippen LogP contribution in [0.25, 0.3) is 0 Å². The number of furan rings is 1. The van der Waals surface area contributed by atoms with Crippen molar-refractivity contribution in [1.82, 2.24) is 14.9 Å². The Kier molecular flexibility index (Phi) is 3.10. The van der Waals surface area contributed by atoms with Gasteiger partial charge in [0.2, 0.25) is 0 Å². The Bertz CT molecular complexity index is 470. The Balaban J connectivity index is 2.11. The Labute approximate surface area is 95.3 Å². The predicted octanol–water partition coefficient (Wildman–Crippen LogP) is 1.86. The van der Waals surface area contributed by atoms with Gasteiger partial charge in [-0.15, -0.1) is 0 Å². The van der Waals surface area contributed by atoms with Crippen LogP contribution in [0.3, 0.4) is 0 Å². The molecule has 1 N–H and O–H groups in total. The number of nitrogens with zero attached hydrogens (tertiary/aromatic N) is 2. The van der Waals surface area contributed by atoms with E-state index >= 15 is 0 Å². The molecule has 86 valence electrons. The second kappa shape index (κ2) is 4.53. The molecular weight excluding hydrogens is 202 g/mol. The zero-order chi connectivity index (χ0) is 11.5. The maximum Gasteiger partial charge on any atom is 0.123 e. The zero-order valence-electron chi connectivity index (χ0n) is 9.95. The van der Waals surface area contributed by atoms with E-state index in [1.165, 1.54) is 5.69 Å². The van der Waals surface area contributed by atoms with Gasteiger partial charge in [-0.05, 0) is 33.0 Å². The smallest absolute Gasteiger partial charge is 0.123 e. The Morgan fingerprint density at radius 2 is 2.06 bits per heavy atom. The zero-order valence-corrected chi connectivity index (χ0v) is 9.95. The van der Waals surface area contributed by atoms with Crippen molar-refractivity contribution in [3.05, 3.63) is 41.4 Å². The summed E-state index contributed by atoms with van der Waals surface area (Å²) in [6, 6.07) is 4.02. The summed E-state index contributed by atoms with van der Waals surface area (Å²) in [7, 11) is 1.91. The van der Waals surface area contributed by atoms with Gasteiger partial charge in [0.15, 0.2) is 0 Å². The minimum absolute atomic E-state index is 0.746. The number of hydrogen-bond acceptors (Lipinski definition) is 3. The Hall–Kier alpha value is -1.55. The van der Waals surface area contributed by atoms with Crippen LogP contribution in [0.15, 0.2) is 22.9 Å². The Morgan fingerprint density at radius 3 is 2.69 bits per heavy atom. The first kappa shape index (κ1) is 11.0. The summed E-state index contributed by atoms with van der Waals surface area (Å²) in [6.07, 6.45) is 1.85. The van der Waals surface area contributed by atoms with E-state index in [0.717, 1.165) is 30.3 Å². The summed E-state index contributed by atoms with van der Waals surface area (Å²) in [5.74, 6) is 1.93. The molecule has 0 spiro atoms. The van der Waals surface area contributed by atoms with Gasteiger partial charge >= 0.3 is 0 Å².